The van der Waals surface area contributed by atoms with Crippen molar-refractivity contribution in [3.63, 3.8) is 0 Å². The lowest BCUT2D eigenvalue weighted by molar-refractivity contribution is -0.132. The minimum Gasteiger partial charge on any atom is -0.363 e. The van der Waals surface area contributed by atoms with Gasteiger partial charge < -0.3 is 14.7 Å². The highest BCUT2D eigenvalue weighted by Gasteiger charge is 2.23. The summed E-state index contributed by atoms with van der Waals surface area (Å²) in [6.45, 7) is 6.17. The maximum Gasteiger partial charge on any atom is 0.253 e. The lowest BCUT2D eigenvalue weighted by atomic mass is 10.3. The molecule has 3 heterocycles. The molecule has 0 N–H and O–H groups in total. The van der Waals surface area contributed by atoms with Crippen LogP contribution in [0, 0.1) is 13.8 Å². The van der Waals surface area contributed by atoms with Crippen molar-refractivity contribution in [3.8, 4) is 0 Å². The molecular weight excluding hydrogens is 346 g/mol. The fraction of sp³-hybridized carbons (Fsp3) is 0.500. The number of carbonyl (C=O) groups excluding carboxylic acids is 1. The number of anilines is 2. The largest absolute Gasteiger partial charge is 0.363 e. The molecule has 0 radical (unpaired) electrons. The van der Waals surface area contributed by atoms with Crippen LogP contribution in [0.1, 0.15) is 11.4 Å². The summed E-state index contributed by atoms with van der Waals surface area (Å²) in [7, 11) is 3.90. The summed E-state index contributed by atoms with van der Waals surface area (Å²) in [6.07, 6.45) is 1.43. The van der Waals surface area contributed by atoms with Gasteiger partial charge in [-0.3, -0.25) is 14.2 Å². The molecule has 0 spiro atoms. The van der Waals surface area contributed by atoms with E-state index < -0.39 is 0 Å². The van der Waals surface area contributed by atoms with Crippen molar-refractivity contribution < 1.29 is 4.79 Å². The molecule has 0 saturated carbocycles. The third kappa shape index (κ3) is 4.42. The van der Waals surface area contributed by atoms with Crippen LogP contribution < -0.4 is 15.4 Å². The molecule has 27 heavy (non-hydrogen) atoms. The smallest absolute Gasteiger partial charge is 0.253 e. The maximum absolute atomic E-state index is 12.5. The van der Waals surface area contributed by atoms with Crippen LogP contribution >= 0.6 is 0 Å². The van der Waals surface area contributed by atoms with Gasteiger partial charge in [0.15, 0.2) is 0 Å². The van der Waals surface area contributed by atoms with E-state index in [1.807, 2.05) is 32.0 Å². The van der Waals surface area contributed by atoms with Gasteiger partial charge in [-0.05, 0) is 13.8 Å². The summed E-state index contributed by atoms with van der Waals surface area (Å²) in [5, 5.41) is 0. The SMILES string of the molecule is Cc1cc(=O)n(CC(=O)N2CCN(c3nc(C)cc(N(C)C)n3)CC2)cn1. The number of amides is 1. The zero-order chi connectivity index (χ0) is 19.6. The van der Waals surface area contributed by atoms with Gasteiger partial charge in [-0.25, -0.2) is 9.97 Å². The molecule has 1 aliphatic heterocycles. The Bertz CT molecular complexity index is 886. The standard InChI is InChI=1S/C18H25N7O2/c1-13-10-16(26)25(12-19-13)11-17(27)23-5-7-24(8-6-23)18-20-14(2)9-15(21-18)22(3)4/h9-10,12H,5-8,11H2,1-4H3. The summed E-state index contributed by atoms with van der Waals surface area (Å²) < 4.78 is 1.34. The van der Waals surface area contributed by atoms with Crippen molar-refractivity contribution in [2.24, 2.45) is 0 Å². The number of rotatable bonds is 4. The quantitative estimate of drug-likeness (QED) is 0.751. The minimum atomic E-state index is -0.209. The van der Waals surface area contributed by atoms with Gasteiger partial charge in [0.1, 0.15) is 12.4 Å². The van der Waals surface area contributed by atoms with Crippen LogP contribution in [0.2, 0.25) is 0 Å². The Morgan fingerprint density at radius 1 is 1.07 bits per heavy atom. The minimum absolute atomic E-state index is 0.0117. The van der Waals surface area contributed by atoms with Crippen molar-refractivity contribution in [2.45, 2.75) is 20.4 Å². The Kier molecular flexibility index (Phi) is 5.38. The summed E-state index contributed by atoms with van der Waals surface area (Å²) in [6, 6.07) is 3.37. The average molecular weight is 371 g/mol. The molecule has 1 fully saturated rings. The molecule has 9 heteroatoms. The number of aryl methyl sites for hydroxylation is 2. The highest BCUT2D eigenvalue weighted by molar-refractivity contribution is 5.76. The fourth-order valence-corrected chi connectivity index (χ4v) is 2.94. The van der Waals surface area contributed by atoms with Crippen LogP contribution in [0.5, 0.6) is 0 Å². The van der Waals surface area contributed by atoms with E-state index in [0.29, 0.717) is 37.8 Å². The van der Waals surface area contributed by atoms with Crippen LogP contribution in [-0.4, -0.2) is 70.6 Å². The Morgan fingerprint density at radius 2 is 1.78 bits per heavy atom. The Hall–Kier alpha value is -2.97. The summed E-state index contributed by atoms with van der Waals surface area (Å²) in [4.78, 5) is 43.5. The summed E-state index contributed by atoms with van der Waals surface area (Å²) in [5.74, 6) is 1.47. The highest BCUT2D eigenvalue weighted by Crippen LogP contribution is 2.17. The van der Waals surface area contributed by atoms with Gasteiger partial charge in [0, 0.05) is 63.8 Å². The van der Waals surface area contributed by atoms with E-state index in [9.17, 15) is 9.59 Å². The van der Waals surface area contributed by atoms with Crippen molar-refractivity contribution in [2.75, 3.05) is 50.1 Å². The van der Waals surface area contributed by atoms with E-state index in [1.165, 1.54) is 17.0 Å². The molecule has 1 saturated heterocycles. The van der Waals surface area contributed by atoms with Gasteiger partial charge in [0.2, 0.25) is 11.9 Å². The zero-order valence-electron chi connectivity index (χ0n) is 16.2. The molecule has 0 aliphatic carbocycles. The fourth-order valence-electron chi connectivity index (χ4n) is 2.94. The van der Waals surface area contributed by atoms with Gasteiger partial charge in [0.05, 0.1) is 6.33 Å². The van der Waals surface area contributed by atoms with E-state index in [2.05, 4.69) is 19.9 Å². The van der Waals surface area contributed by atoms with E-state index in [4.69, 9.17) is 0 Å². The van der Waals surface area contributed by atoms with E-state index in [0.717, 1.165) is 11.5 Å². The zero-order valence-corrected chi connectivity index (χ0v) is 16.2. The number of aromatic nitrogens is 4. The molecule has 0 bridgehead atoms. The van der Waals surface area contributed by atoms with E-state index >= 15 is 0 Å². The second kappa shape index (κ2) is 7.73. The van der Waals surface area contributed by atoms with Gasteiger partial charge in [-0.15, -0.1) is 0 Å². The number of hydrogen-bond acceptors (Lipinski definition) is 7. The number of nitrogens with zero attached hydrogens (tertiary/aromatic N) is 7. The number of hydrogen-bond donors (Lipinski definition) is 0. The predicted molar refractivity (Wildman–Crippen MR) is 103 cm³/mol. The van der Waals surface area contributed by atoms with Crippen LogP contribution in [0.25, 0.3) is 0 Å². The molecule has 144 valence electrons. The molecule has 9 nitrogen and oxygen atoms in total. The third-order valence-corrected chi connectivity index (χ3v) is 4.52. The van der Waals surface area contributed by atoms with Crippen molar-refractivity contribution in [1.29, 1.82) is 0 Å². The first-order chi connectivity index (χ1) is 12.8. The van der Waals surface area contributed by atoms with Crippen LogP contribution in [0.3, 0.4) is 0 Å². The molecule has 0 aromatic carbocycles. The molecule has 1 amide bonds. The van der Waals surface area contributed by atoms with Crippen molar-refractivity contribution in [3.05, 3.63) is 40.2 Å². The lowest BCUT2D eigenvalue weighted by Crippen LogP contribution is -2.50. The van der Waals surface area contributed by atoms with Crippen LogP contribution in [0.4, 0.5) is 11.8 Å². The molecule has 0 atom stereocenters. The molecule has 1 aliphatic rings. The topological polar surface area (TPSA) is 87.5 Å². The Balaban J connectivity index is 1.63. The monoisotopic (exact) mass is 371 g/mol. The maximum atomic E-state index is 12.5. The Morgan fingerprint density at radius 3 is 2.41 bits per heavy atom. The molecule has 3 rings (SSSR count). The van der Waals surface area contributed by atoms with Crippen molar-refractivity contribution in [1.82, 2.24) is 24.4 Å². The molecule has 0 unspecified atom stereocenters. The van der Waals surface area contributed by atoms with Gasteiger partial charge >= 0.3 is 0 Å². The first-order valence-corrected chi connectivity index (χ1v) is 8.92. The predicted octanol–water partition coefficient (Wildman–Crippen LogP) is 0.0649. The van der Waals surface area contributed by atoms with E-state index in [1.54, 1.807) is 11.8 Å². The van der Waals surface area contributed by atoms with Crippen LogP contribution in [-0.2, 0) is 11.3 Å². The average Bonchev–Trinajstić information content (AvgIpc) is 2.63. The van der Waals surface area contributed by atoms with Gasteiger partial charge in [-0.2, -0.15) is 4.98 Å². The Labute approximate surface area is 158 Å². The summed E-state index contributed by atoms with van der Waals surface area (Å²) >= 11 is 0. The van der Waals surface area contributed by atoms with Crippen LogP contribution in [0.15, 0.2) is 23.3 Å². The first kappa shape index (κ1) is 18.8. The first-order valence-electron chi connectivity index (χ1n) is 8.92. The highest BCUT2D eigenvalue weighted by atomic mass is 16.2. The number of carbonyl (C=O) groups is 1. The normalized spacial score (nSPS) is 14.4. The second-order valence-electron chi connectivity index (χ2n) is 6.93. The van der Waals surface area contributed by atoms with E-state index in [-0.39, 0.29) is 18.0 Å². The third-order valence-electron chi connectivity index (χ3n) is 4.52. The second-order valence-corrected chi connectivity index (χ2v) is 6.93. The molecular formula is C18H25N7O2. The van der Waals surface area contributed by atoms with Crippen molar-refractivity contribution >= 4 is 17.7 Å². The molecule has 2 aromatic rings. The lowest BCUT2D eigenvalue weighted by Gasteiger charge is -2.35. The van der Waals surface area contributed by atoms with Gasteiger partial charge in [-0.1, -0.05) is 0 Å². The van der Waals surface area contributed by atoms with Gasteiger partial charge in [0.25, 0.3) is 5.56 Å². The summed E-state index contributed by atoms with van der Waals surface area (Å²) in [5.41, 5.74) is 1.35. The number of piperazine rings is 1. The molecule has 2 aromatic heterocycles.